The normalized spacial score (nSPS) is 20.4. The van der Waals surface area contributed by atoms with Crippen LogP contribution in [0.5, 0.6) is 0 Å². The van der Waals surface area contributed by atoms with Gasteiger partial charge in [-0.25, -0.2) is 4.79 Å². The summed E-state index contributed by atoms with van der Waals surface area (Å²) in [5.41, 5.74) is 0.540. The van der Waals surface area contributed by atoms with Gasteiger partial charge in [-0.2, -0.15) is 0 Å². The average Bonchev–Trinajstić information content (AvgIpc) is 2.30. The van der Waals surface area contributed by atoms with E-state index in [9.17, 15) is 9.59 Å². The van der Waals surface area contributed by atoms with Crippen molar-refractivity contribution in [2.75, 3.05) is 18.1 Å². The van der Waals surface area contributed by atoms with Gasteiger partial charge in [0.05, 0.1) is 11.9 Å². The summed E-state index contributed by atoms with van der Waals surface area (Å²) >= 11 is 0. The van der Waals surface area contributed by atoms with Crippen LogP contribution < -0.4 is 4.90 Å². The highest BCUT2D eigenvalue weighted by Gasteiger charge is 2.32. The number of amides is 1. The van der Waals surface area contributed by atoms with Crippen molar-refractivity contribution in [3.8, 4) is 0 Å². The summed E-state index contributed by atoms with van der Waals surface area (Å²) < 4.78 is 4.80. The minimum Gasteiger partial charge on any atom is -0.481 e. The van der Waals surface area contributed by atoms with E-state index in [1.54, 1.807) is 18.3 Å². The lowest BCUT2D eigenvalue weighted by Crippen LogP contribution is -2.45. The van der Waals surface area contributed by atoms with E-state index in [2.05, 4.69) is 4.98 Å². The predicted molar refractivity (Wildman–Crippen MR) is 54.1 cm³/mol. The maximum Gasteiger partial charge on any atom is 0.414 e. The van der Waals surface area contributed by atoms with Crippen LogP contribution in [0.25, 0.3) is 0 Å². The molecule has 0 aliphatic carbocycles. The molecule has 0 saturated carbocycles. The van der Waals surface area contributed by atoms with E-state index < -0.39 is 18.0 Å². The Labute approximate surface area is 91.5 Å². The molecule has 1 aliphatic heterocycles. The van der Waals surface area contributed by atoms with Crippen molar-refractivity contribution in [1.29, 1.82) is 0 Å². The van der Waals surface area contributed by atoms with Crippen LogP contribution in [-0.2, 0) is 9.53 Å². The second kappa shape index (κ2) is 4.18. The smallest absolute Gasteiger partial charge is 0.414 e. The topological polar surface area (TPSA) is 79.7 Å². The number of nitrogens with zero attached hydrogens (tertiary/aromatic N) is 2. The molecular weight excluding hydrogens is 212 g/mol. The Bertz CT molecular complexity index is 407. The molecule has 0 radical (unpaired) electrons. The Morgan fingerprint density at radius 1 is 1.62 bits per heavy atom. The quantitative estimate of drug-likeness (QED) is 0.798. The summed E-state index contributed by atoms with van der Waals surface area (Å²) in [5, 5.41) is 8.86. The molecule has 1 aromatic rings. The molecule has 0 bridgehead atoms. The van der Waals surface area contributed by atoms with Crippen LogP contribution in [0.15, 0.2) is 24.5 Å². The molecule has 1 N–H and O–H groups in total. The first-order valence-electron chi connectivity index (χ1n) is 4.75. The first-order valence-corrected chi connectivity index (χ1v) is 4.75. The molecule has 16 heavy (non-hydrogen) atoms. The largest absolute Gasteiger partial charge is 0.481 e. The van der Waals surface area contributed by atoms with Gasteiger partial charge in [-0.1, -0.05) is 0 Å². The number of hydrogen-bond donors (Lipinski definition) is 1. The minimum absolute atomic E-state index is 0.0784. The number of aliphatic carboxylic acids is 1. The second-order valence-corrected chi connectivity index (χ2v) is 3.43. The number of carbonyl (C=O) groups is 2. The number of ether oxygens (including phenoxy) is 1. The zero-order valence-electron chi connectivity index (χ0n) is 8.37. The van der Waals surface area contributed by atoms with Gasteiger partial charge in [0.15, 0.2) is 0 Å². The third-order valence-corrected chi connectivity index (χ3v) is 2.34. The molecule has 1 aromatic heterocycles. The Balaban J connectivity index is 2.19. The molecule has 1 amide bonds. The third-order valence-electron chi connectivity index (χ3n) is 2.34. The van der Waals surface area contributed by atoms with E-state index in [1.807, 2.05) is 0 Å². The summed E-state index contributed by atoms with van der Waals surface area (Å²) in [6, 6.07) is 3.35. The molecule has 2 heterocycles. The number of pyridine rings is 1. The van der Waals surface area contributed by atoms with Crippen LogP contribution >= 0.6 is 0 Å². The zero-order valence-corrected chi connectivity index (χ0v) is 8.37. The lowest BCUT2D eigenvalue weighted by Gasteiger charge is -2.29. The molecule has 1 unspecified atom stereocenters. The fraction of sp³-hybridized carbons (Fsp3) is 0.300. The molecule has 1 atom stereocenters. The lowest BCUT2D eigenvalue weighted by molar-refractivity contribution is -0.143. The summed E-state index contributed by atoms with van der Waals surface area (Å²) in [4.78, 5) is 27.4. The molecule has 6 heteroatoms. The lowest BCUT2D eigenvalue weighted by atomic mass is 10.1. The molecule has 1 saturated heterocycles. The fourth-order valence-corrected chi connectivity index (χ4v) is 1.47. The maximum absolute atomic E-state index is 11.4. The molecule has 6 nitrogen and oxygen atoms in total. The van der Waals surface area contributed by atoms with Crippen molar-refractivity contribution in [2.24, 2.45) is 5.92 Å². The van der Waals surface area contributed by atoms with Crippen molar-refractivity contribution in [2.45, 2.75) is 0 Å². The Hall–Kier alpha value is -2.11. The highest BCUT2D eigenvalue weighted by molar-refractivity contribution is 5.89. The number of carboxylic acids is 1. The van der Waals surface area contributed by atoms with E-state index in [0.717, 1.165) is 0 Å². The van der Waals surface area contributed by atoms with Gasteiger partial charge in [0.25, 0.3) is 0 Å². The second-order valence-electron chi connectivity index (χ2n) is 3.43. The Morgan fingerprint density at radius 2 is 2.44 bits per heavy atom. The highest BCUT2D eigenvalue weighted by atomic mass is 16.6. The van der Waals surface area contributed by atoms with Gasteiger partial charge in [0.2, 0.25) is 0 Å². The maximum atomic E-state index is 11.4. The van der Waals surface area contributed by atoms with Crippen molar-refractivity contribution < 1.29 is 19.4 Å². The summed E-state index contributed by atoms with van der Waals surface area (Å²) in [7, 11) is 0. The van der Waals surface area contributed by atoms with Gasteiger partial charge in [-0.15, -0.1) is 0 Å². The molecule has 2 rings (SSSR count). The molecule has 1 fully saturated rings. The zero-order chi connectivity index (χ0) is 11.5. The van der Waals surface area contributed by atoms with Gasteiger partial charge in [-0.05, 0) is 12.1 Å². The number of carbonyl (C=O) groups excluding carboxylic acids is 1. The number of aromatic nitrogens is 1. The number of cyclic esters (lactones) is 1. The van der Waals surface area contributed by atoms with Gasteiger partial charge >= 0.3 is 12.1 Å². The van der Waals surface area contributed by atoms with Crippen molar-refractivity contribution in [3.05, 3.63) is 24.5 Å². The van der Waals surface area contributed by atoms with Gasteiger partial charge in [-0.3, -0.25) is 14.7 Å². The van der Waals surface area contributed by atoms with Gasteiger partial charge in [0.1, 0.15) is 12.5 Å². The monoisotopic (exact) mass is 222 g/mol. The van der Waals surface area contributed by atoms with Crippen LogP contribution in [0.1, 0.15) is 0 Å². The number of hydrogen-bond acceptors (Lipinski definition) is 4. The summed E-state index contributed by atoms with van der Waals surface area (Å²) in [5.74, 6) is -1.67. The molecule has 84 valence electrons. The number of rotatable bonds is 2. The number of carboxylic acid groups (broad SMARTS) is 1. The summed E-state index contributed by atoms with van der Waals surface area (Å²) in [6.07, 6.45) is 2.53. The summed E-state index contributed by atoms with van der Waals surface area (Å²) in [6.45, 7) is 0.0325. The minimum atomic E-state index is -0.971. The molecule has 0 spiro atoms. The van der Waals surface area contributed by atoms with Crippen LogP contribution in [0.4, 0.5) is 10.5 Å². The van der Waals surface area contributed by atoms with E-state index in [-0.39, 0.29) is 13.2 Å². The molecule has 1 aliphatic rings. The Morgan fingerprint density at radius 3 is 3.06 bits per heavy atom. The fourth-order valence-electron chi connectivity index (χ4n) is 1.47. The van der Waals surface area contributed by atoms with E-state index >= 15 is 0 Å². The van der Waals surface area contributed by atoms with Crippen molar-refractivity contribution >= 4 is 17.7 Å². The van der Waals surface area contributed by atoms with Crippen LogP contribution in [-0.4, -0.2) is 35.3 Å². The van der Waals surface area contributed by atoms with Crippen molar-refractivity contribution in [1.82, 2.24) is 4.98 Å². The van der Waals surface area contributed by atoms with Crippen LogP contribution in [0, 0.1) is 5.92 Å². The standard InChI is InChI=1S/C10H10N2O4/c13-9(14)7-5-12(10(15)16-6-7)8-2-1-3-11-4-8/h1-4,7H,5-6H2,(H,13,14). The van der Waals surface area contributed by atoms with E-state index in [0.29, 0.717) is 5.69 Å². The molecule has 0 aromatic carbocycles. The first kappa shape index (κ1) is 10.4. The third kappa shape index (κ3) is 1.95. The van der Waals surface area contributed by atoms with Crippen LogP contribution in [0.2, 0.25) is 0 Å². The van der Waals surface area contributed by atoms with E-state index in [1.165, 1.54) is 11.1 Å². The van der Waals surface area contributed by atoms with Crippen molar-refractivity contribution in [3.63, 3.8) is 0 Å². The predicted octanol–water partition coefficient (Wildman–Crippen LogP) is 0.739. The SMILES string of the molecule is O=C(O)C1COC(=O)N(c2cccnc2)C1. The van der Waals surface area contributed by atoms with Gasteiger partial charge in [0, 0.05) is 12.7 Å². The van der Waals surface area contributed by atoms with Crippen LogP contribution in [0.3, 0.4) is 0 Å². The highest BCUT2D eigenvalue weighted by Crippen LogP contribution is 2.19. The number of anilines is 1. The molecular formula is C10H10N2O4. The Kier molecular flexibility index (Phi) is 2.72. The van der Waals surface area contributed by atoms with E-state index in [4.69, 9.17) is 9.84 Å². The van der Waals surface area contributed by atoms with Gasteiger partial charge < -0.3 is 9.84 Å². The average molecular weight is 222 g/mol. The first-order chi connectivity index (χ1) is 7.68.